The predicted molar refractivity (Wildman–Crippen MR) is 92.3 cm³/mol. The summed E-state index contributed by atoms with van der Waals surface area (Å²) in [6, 6.07) is 7.70. The Balaban J connectivity index is 1.73. The first-order valence-corrected chi connectivity index (χ1v) is 8.66. The summed E-state index contributed by atoms with van der Waals surface area (Å²) < 4.78 is 0. The second kappa shape index (κ2) is 7.15. The number of pyridine rings is 1. The second-order valence-electron chi connectivity index (χ2n) is 4.59. The first-order valence-electron chi connectivity index (χ1n) is 6.78. The summed E-state index contributed by atoms with van der Waals surface area (Å²) in [6.45, 7) is 0.481. The maximum Gasteiger partial charge on any atom is 0.253 e. The summed E-state index contributed by atoms with van der Waals surface area (Å²) >= 11 is 3.34. The number of amides is 1. The maximum absolute atomic E-state index is 12.0. The molecular weight excluding hydrogens is 312 g/mol. The third kappa shape index (κ3) is 3.50. The van der Waals surface area contributed by atoms with E-state index in [0.29, 0.717) is 12.1 Å². The van der Waals surface area contributed by atoms with E-state index in [4.69, 9.17) is 0 Å². The lowest BCUT2D eigenvalue weighted by atomic mass is 10.0. The number of rotatable bonds is 5. The van der Waals surface area contributed by atoms with Crippen LogP contribution in [-0.4, -0.2) is 17.4 Å². The van der Waals surface area contributed by atoms with E-state index in [1.807, 2.05) is 0 Å². The van der Waals surface area contributed by atoms with Crippen LogP contribution in [0.15, 0.2) is 64.3 Å². The van der Waals surface area contributed by atoms with Crippen LogP contribution in [-0.2, 0) is 0 Å². The van der Waals surface area contributed by atoms with E-state index >= 15 is 0 Å². The summed E-state index contributed by atoms with van der Waals surface area (Å²) in [6.07, 6.45) is 5.28. The van der Waals surface area contributed by atoms with Crippen molar-refractivity contribution in [1.29, 1.82) is 0 Å². The molecule has 1 N–H and O–H groups in total. The molecule has 0 saturated carbocycles. The molecule has 0 aliphatic rings. The van der Waals surface area contributed by atoms with E-state index in [1.165, 1.54) is 11.1 Å². The van der Waals surface area contributed by atoms with E-state index in [1.54, 1.807) is 47.2 Å². The van der Waals surface area contributed by atoms with E-state index in [0.717, 1.165) is 5.57 Å². The molecule has 3 heterocycles. The van der Waals surface area contributed by atoms with Gasteiger partial charge in [0, 0.05) is 18.9 Å². The standard InChI is InChI=1S/C17H14N2OS2/c20-17(13-2-1-6-18-10-13)19-7-3-16(14-4-8-21-11-14)15-5-9-22-12-15/h1-6,8-12H,7H2,(H,19,20). The fraction of sp³-hybridized carbons (Fsp3) is 0.0588. The topological polar surface area (TPSA) is 42.0 Å². The zero-order valence-electron chi connectivity index (χ0n) is 11.7. The minimum Gasteiger partial charge on any atom is -0.348 e. The molecule has 3 nitrogen and oxygen atoms in total. The summed E-state index contributed by atoms with van der Waals surface area (Å²) in [5.41, 5.74) is 4.08. The number of aromatic nitrogens is 1. The molecule has 0 radical (unpaired) electrons. The van der Waals surface area contributed by atoms with Crippen molar-refractivity contribution in [2.24, 2.45) is 0 Å². The smallest absolute Gasteiger partial charge is 0.253 e. The molecule has 3 aromatic heterocycles. The van der Waals surface area contributed by atoms with E-state index in [9.17, 15) is 4.79 Å². The van der Waals surface area contributed by atoms with Crippen molar-refractivity contribution < 1.29 is 4.79 Å². The van der Waals surface area contributed by atoms with Gasteiger partial charge in [0.1, 0.15) is 0 Å². The highest BCUT2D eigenvalue weighted by Crippen LogP contribution is 2.26. The molecule has 0 saturated heterocycles. The summed E-state index contributed by atoms with van der Waals surface area (Å²) in [7, 11) is 0. The lowest BCUT2D eigenvalue weighted by Crippen LogP contribution is -2.23. The van der Waals surface area contributed by atoms with Gasteiger partial charge in [-0.25, -0.2) is 0 Å². The maximum atomic E-state index is 12.0. The first-order chi connectivity index (χ1) is 10.8. The van der Waals surface area contributed by atoms with Gasteiger partial charge in [-0.15, -0.1) is 0 Å². The number of nitrogens with one attached hydrogen (secondary N) is 1. The molecule has 0 aliphatic heterocycles. The number of carbonyl (C=O) groups excluding carboxylic acids is 1. The zero-order valence-corrected chi connectivity index (χ0v) is 13.4. The van der Waals surface area contributed by atoms with E-state index < -0.39 is 0 Å². The molecule has 0 aliphatic carbocycles. The molecule has 5 heteroatoms. The Morgan fingerprint density at radius 1 is 1.09 bits per heavy atom. The fourth-order valence-corrected chi connectivity index (χ4v) is 3.39. The third-order valence-corrected chi connectivity index (χ3v) is 4.52. The van der Waals surface area contributed by atoms with Crippen molar-refractivity contribution in [3.05, 3.63) is 80.9 Å². The SMILES string of the molecule is O=C(NCC=C(c1ccsc1)c1ccsc1)c1cccnc1. The Labute approximate surface area is 137 Å². The van der Waals surface area contributed by atoms with Crippen LogP contribution in [0.4, 0.5) is 0 Å². The highest BCUT2D eigenvalue weighted by molar-refractivity contribution is 7.08. The molecule has 0 unspecified atom stereocenters. The van der Waals surface area contributed by atoms with Gasteiger partial charge in [0.2, 0.25) is 0 Å². The molecule has 0 bridgehead atoms. The van der Waals surface area contributed by atoms with Crippen LogP contribution < -0.4 is 5.32 Å². The molecule has 22 heavy (non-hydrogen) atoms. The van der Waals surface area contributed by atoms with E-state index in [-0.39, 0.29) is 5.91 Å². The predicted octanol–water partition coefficient (Wildman–Crippen LogP) is 4.07. The second-order valence-corrected chi connectivity index (χ2v) is 6.15. The summed E-state index contributed by atoms with van der Waals surface area (Å²) in [4.78, 5) is 16.0. The Bertz CT molecular complexity index is 711. The van der Waals surface area contributed by atoms with Gasteiger partial charge in [-0.1, -0.05) is 6.08 Å². The van der Waals surface area contributed by atoms with Crippen molar-refractivity contribution in [1.82, 2.24) is 10.3 Å². The Morgan fingerprint density at radius 2 is 1.82 bits per heavy atom. The van der Waals surface area contributed by atoms with Crippen LogP contribution in [0.2, 0.25) is 0 Å². The average molecular weight is 326 g/mol. The highest BCUT2D eigenvalue weighted by Gasteiger charge is 2.07. The molecule has 0 atom stereocenters. The van der Waals surface area contributed by atoms with Gasteiger partial charge in [-0.3, -0.25) is 9.78 Å². The highest BCUT2D eigenvalue weighted by atomic mass is 32.1. The normalized spacial score (nSPS) is 10.2. The molecule has 0 spiro atoms. The van der Waals surface area contributed by atoms with E-state index in [2.05, 4.69) is 50.0 Å². The van der Waals surface area contributed by atoms with Crippen molar-refractivity contribution >= 4 is 34.2 Å². The molecule has 3 rings (SSSR count). The quantitative estimate of drug-likeness (QED) is 0.768. The molecule has 3 aromatic rings. The number of thiophene rings is 2. The fourth-order valence-electron chi connectivity index (χ4n) is 2.08. The van der Waals surface area contributed by atoms with Gasteiger partial charge in [-0.2, -0.15) is 22.7 Å². The number of carbonyl (C=O) groups is 1. The molecule has 1 amide bonds. The number of hydrogen-bond acceptors (Lipinski definition) is 4. The molecule has 0 fully saturated rings. The minimum absolute atomic E-state index is 0.112. The van der Waals surface area contributed by atoms with Gasteiger partial charge in [0.05, 0.1) is 5.56 Å². The van der Waals surface area contributed by atoms with Gasteiger partial charge in [-0.05, 0) is 62.5 Å². The van der Waals surface area contributed by atoms with Crippen molar-refractivity contribution in [2.45, 2.75) is 0 Å². The van der Waals surface area contributed by atoms with Crippen LogP contribution >= 0.6 is 22.7 Å². The van der Waals surface area contributed by atoms with Crippen molar-refractivity contribution in [3.8, 4) is 0 Å². The van der Waals surface area contributed by atoms with Crippen LogP contribution in [0.3, 0.4) is 0 Å². The Morgan fingerprint density at radius 3 is 2.36 bits per heavy atom. The average Bonchev–Trinajstić information content (AvgIpc) is 3.26. The first kappa shape index (κ1) is 14.7. The van der Waals surface area contributed by atoms with Gasteiger partial charge < -0.3 is 5.32 Å². The largest absolute Gasteiger partial charge is 0.348 e. The third-order valence-electron chi connectivity index (χ3n) is 3.16. The van der Waals surface area contributed by atoms with Crippen LogP contribution in [0, 0.1) is 0 Å². The van der Waals surface area contributed by atoms with Crippen molar-refractivity contribution in [3.63, 3.8) is 0 Å². The summed E-state index contributed by atoms with van der Waals surface area (Å²) in [5.74, 6) is -0.112. The number of hydrogen-bond donors (Lipinski definition) is 1. The number of nitrogens with zero attached hydrogens (tertiary/aromatic N) is 1. The Kier molecular flexibility index (Phi) is 4.78. The lowest BCUT2D eigenvalue weighted by molar-refractivity contribution is 0.0957. The molecule has 110 valence electrons. The molecule has 0 aromatic carbocycles. The van der Waals surface area contributed by atoms with Crippen LogP contribution in [0.5, 0.6) is 0 Å². The molecular formula is C17H14N2OS2. The minimum atomic E-state index is -0.112. The zero-order chi connectivity index (χ0) is 15.2. The Hall–Kier alpha value is -2.24. The lowest BCUT2D eigenvalue weighted by Gasteiger charge is -2.06. The van der Waals surface area contributed by atoms with Crippen molar-refractivity contribution in [2.75, 3.05) is 6.54 Å². The monoisotopic (exact) mass is 326 g/mol. The summed E-state index contributed by atoms with van der Waals surface area (Å²) in [5, 5.41) is 11.3. The van der Waals surface area contributed by atoms with Crippen LogP contribution in [0.1, 0.15) is 21.5 Å². The van der Waals surface area contributed by atoms with Crippen LogP contribution in [0.25, 0.3) is 5.57 Å². The van der Waals surface area contributed by atoms with Gasteiger partial charge in [0.25, 0.3) is 5.91 Å². The van der Waals surface area contributed by atoms with Gasteiger partial charge >= 0.3 is 0 Å². The van der Waals surface area contributed by atoms with Gasteiger partial charge in [0.15, 0.2) is 0 Å².